The number of rotatable bonds is 6. The molecule has 5 nitrogen and oxygen atoms in total. The van der Waals surface area contributed by atoms with Crippen LogP contribution in [0.15, 0.2) is 0 Å². The van der Waals surface area contributed by atoms with Gasteiger partial charge in [0.25, 0.3) is 0 Å². The van der Waals surface area contributed by atoms with Gasteiger partial charge in [-0.15, -0.1) is 0 Å². The number of carbonyl (C=O) groups excluding carboxylic acids is 2. The van der Waals surface area contributed by atoms with Crippen molar-refractivity contribution in [1.29, 1.82) is 0 Å². The maximum Gasteiger partial charge on any atom is 0.237 e. The molecule has 0 bridgehead atoms. The fraction of sp³-hybridized carbons (Fsp3) is 0.905. The number of nitrogens with one attached hydrogen (secondary N) is 1. The van der Waals surface area contributed by atoms with Gasteiger partial charge >= 0.3 is 0 Å². The van der Waals surface area contributed by atoms with Crippen LogP contribution in [-0.2, 0) is 9.59 Å². The van der Waals surface area contributed by atoms with Crippen molar-refractivity contribution in [2.75, 3.05) is 32.7 Å². The van der Waals surface area contributed by atoms with Crippen molar-refractivity contribution in [2.24, 2.45) is 17.3 Å². The zero-order valence-corrected chi connectivity index (χ0v) is 17.5. The second kappa shape index (κ2) is 9.20. The summed E-state index contributed by atoms with van der Waals surface area (Å²) in [5, 5.41) is 3.16. The number of hydrogen-bond acceptors (Lipinski definition) is 3. The first-order chi connectivity index (χ1) is 12.2. The van der Waals surface area contributed by atoms with Gasteiger partial charge in [0.05, 0.1) is 6.04 Å². The van der Waals surface area contributed by atoms with Gasteiger partial charge < -0.3 is 10.2 Å². The molecular weight excluding hydrogens is 326 g/mol. The van der Waals surface area contributed by atoms with E-state index in [1.54, 1.807) is 0 Å². The van der Waals surface area contributed by atoms with Crippen molar-refractivity contribution in [3.8, 4) is 0 Å². The number of hydrogen-bond donors (Lipinski definition) is 1. The second-order valence-corrected chi connectivity index (χ2v) is 9.78. The fourth-order valence-electron chi connectivity index (χ4n) is 4.18. The van der Waals surface area contributed by atoms with Gasteiger partial charge in [-0.1, -0.05) is 47.5 Å². The molecule has 0 radical (unpaired) electrons. The van der Waals surface area contributed by atoms with Crippen LogP contribution in [0.4, 0.5) is 0 Å². The molecule has 1 saturated heterocycles. The lowest BCUT2D eigenvalue weighted by molar-refractivity contribution is -0.136. The van der Waals surface area contributed by atoms with Crippen LogP contribution in [0.2, 0.25) is 0 Å². The molecule has 26 heavy (non-hydrogen) atoms. The van der Waals surface area contributed by atoms with Crippen LogP contribution in [0.25, 0.3) is 0 Å². The molecule has 2 fully saturated rings. The van der Waals surface area contributed by atoms with Crippen molar-refractivity contribution in [2.45, 2.75) is 72.8 Å². The smallest absolute Gasteiger partial charge is 0.237 e. The molecule has 0 aromatic rings. The Labute approximate surface area is 159 Å². The zero-order chi connectivity index (χ0) is 19.3. The Bertz CT molecular complexity index is 470. The Balaban J connectivity index is 1.95. The monoisotopic (exact) mass is 365 g/mol. The molecule has 0 aromatic carbocycles. The minimum absolute atomic E-state index is 0.0175. The summed E-state index contributed by atoms with van der Waals surface area (Å²) in [6.07, 6.45) is 5.38. The first kappa shape index (κ1) is 21.2. The first-order valence-electron chi connectivity index (χ1n) is 10.5. The summed E-state index contributed by atoms with van der Waals surface area (Å²) >= 11 is 0. The van der Waals surface area contributed by atoms with Gasteiger partial charge in [0.1, 0.15) is 0 Å². The lowest BCUT2D eigenvalue weighted by atomic mass is 9.91. The lowest BCUT2D eigenvalue weighted by Gasteiger charge is -2.41. The van der Waals surface area contributed by atoms with Crippen molar-refractivity contribution in [3.63, 3.8) is 0 Å². The molecule has 1 saturated carbocycles. The molecule has 1 unspecified atom stereocenters. The van der Waals surface area contributed by atoms with Crippen molar-refractivity contribution < 1.29 is 9.59 Å². The zero-order valence-electron chi connectivity index (χ0n) is 17.5. The highest BCUT2D eigenvalue weighted by molar-refractivity contribution is 5.82. The minimum Gasteiger partial charge on any atom is -0.354 e. The van der Waals surface area contributed by atoms with Crippen LogP contribution < -0.4 is 5.32 Å². The van der Waals surface area contributed by atoms with Gasteiger partial charge in [-0.3, -0.25) is 14.5 Å². The minimum atomic E-state index is -0.0175. The molecule has 2 rings (SSSR count). The van der Waals surface area contributed by atoms with E-state index in [2.05, 4.69) is 44.8 Å². The topological polar surface area (TPSA) is 52.7 Å². The summed E-state index contributed by atoms with van der Waals surface area (Å²) in [6.45, 7) is 14.4. The number of piperazine rings is 1. The van der Waals surface area contributed by atoms with Gasteiger partial charge in [0.15, 0.2) is 0 Å². The molecule has 1 heterocycles. The van der Waals surface area contributed by atoms with E-state index in [4.69, 9.17) is 0 Å². The highest BCUT2D eigenvalue weighted by Gasteiger charge is 2.37. The number of carbonyl (C=O) groups is 2. The second-order valence-electron chi connectivity index (χ2n) is 9.78. The normalized spacial score (nSPS) is 21.2. The van der Waals surface area contributed by atoms with E-state index in [1.165, 1.54) is 12.8 Å². The third kappa shape index (κ3) is 6.26. The van der Waals surface area contributed by atoms with E-state index < -0.39 is 0 Å². The Kier molecular flexibility index (Phi) is 7.51. The maximum absolute atomic E-state index is 12.9. The molecule has 150 valence electrons. The summed E-state index contributed by atoms with van der Waals surface area (Å²) in [4.78, 5) is 29.7. The quantitative estimate of drug-likeness (QED) is 0.787. The summed E-state index contributed by atoms with van der Waals surface area (Å²) in [5.74, 6) is 1.38. The van der Waals surface area contributed by atoms with E-state index in [-0.39, 0.29) is 23.3 Å². The molecule has 1 atom stereocenters. The van der Waals surface area contributed by atoms with Gasteiger partial charge in [-0.25, -0.2) is 0 Å². The molecule has 1 N–H and O–H groups in total. The average molecular weight is 366 g/mol. The van der Waals surface area contributed by atoms with Gasteiger partial charge in [-0.05, 0) is 30.1 Å². The van der Waals surface area contributed by atoms with E-state index in [0.29, 0.717) is 18.3 Å². The lowest BCUT2D eigenvalue weighted by Crippen LogP contribution is -2.58. The molecule has 5 heteroatoms. The van der Waals surface area contributed by atoms with Crippen molar-refractivity contribution in [1.82, 2.24) is 15.1 Å². The van der Waals surface area contributed by atoms with Crippen LogP contribution in [0, 0.1) is 17.3 Å². The predicted octanol–water partition coefficient (Wildman–Crippen LogP) is 2.90. The Morgan fingerprint density at radius 1 is 1.04 bits per heavy atom. The Hall–Kier alpha value is -1.10. The van der Waals surface area contributed by atoms with E-state index in [0.717, 1.165) is 45.6 Å². The highest BCUT2D eigenvalue weighted by Crippen LogP contribution is 2.31. The van der Waals surface area contributed by atoms with Gasteiger partial charge in [0, 0.05) is 39.1 Å². The number of amides is 2. The highest BCUT2D eigenvalue weighted by atomic mass is 16.2. The summed E-state index contributed by atoms with van der Waals surface area (Å²) in [5.41, 5.74) is 0.0251. The largest absolute Gasteiger partial charge is 0.354 e. The standard InChI is InChI=1S/C21H39N3O2/c1-16(2)15-22-20(26)19(17-8-6-7-9-17)24-12-10-23(11-13-24)18(25)14-21(3,4)5/h16-17,19H,6-15H2,1-5H3,(H,22,26). The molecule has 0 spiro atoms. The van der Waals surface area contributed by atoms with Crippen LogP contribution in [-0.4, -0.2) is 60.4 Å². The molecule has 1 aliphatic heterocycles. The van der Waals surface area contributed by atoms with E-state index >= 15 is 0 Å². The first-order valence-corrected chi connectivity index (χ1v) is 10.5. The van der Waals surface area contributed by atoms with E-state index in [9.17, 15) is 9.59 Å². The molecular formula is C21H39N3O2. The third-order valence-corrected chi connectivity index (χ3v) is 5.54. The van der Waals surface area contributed by atoms with Crippen LogP contribution in [0.5, 0.6) is 0 Å². The van der Waals surface area contributed by atoms with E-state index in [1.807, 2.05) is 4.90 Å². The van der Waals surface area contributed by atoms with Crippen LogP contribution in [0.1, 0.15) is 66.7 Å². The van der Waals surface area contributed by atoms with Crippen molar-refractivity contribution >= 4 is 11.8 Å². The molecule has 2 amide bonds. The third-order valence-electron chi connectivity index (χ3n) is 5.54. The molecule has 0 aromatic heterocycles. The van der Waals surface area contributed by atoms with Gasteiger partial charge in [0.2, 0.25) is 11.8 Å². The average Bonchev–Trinajstić information content (AvgIpc) is 3.06. The summed E-state index contributed by atoms with van der Waals surface area (Å²) < 4.78 is 0. The SMILES string of the molecule is CC(C)CNC(=O)C(C1CCCC1)N1CCN(C(=O)CC(C)(C)C)CC1. The summed E-state index contributed by atoms with van der Waals surface area (Å²) in [6, 6.07) is -0.0175. The van der Waals surface area contributed by atoms with Crippen LogP contribution in [0.3, 0.4) is 0 Å². The summed E-state index contributed by atoms with van der Waals surface area (Å²) in [7, 11) is 0. The molecule has 2 aliphatic rings. The Morgan fingerprint density at radius 3 is 2.12 bits per heavy atom. The fourth-order valence-corrected chi connectivity index (χ4v) is 4.18. The van der Waals surface area contributed by atoms with Crippen LogP contribution >= 0.6 is 0 Å². The Morgan fingerprint density at radius 2 is 1.62 bits per heavy atom. The van der Waals surface area contributed by atoms with Gasteiger partial charge in [-0.2, -0.15) is 0 Å². The predicted molar refractivity (Wildman–Crippen MR) is 106 cm³/mol. The van der Waals surface area contributed by atoms with Crippen molar-refractivity contribution in [3.05, 3.63) is 0 Å². The number of nitrogens with zero attached hydrogens (tertiary/aromatic N) is 2. The maximum atomic E-state index is 12.9. The molecule has 1 aliphatic carbocycles.